The fourth-order valence-corrected chi connectivity index (χ4v) is 5.90. The van der Waals surface area contributed by atoms with Crippen molar-refractivity contribution in [2.45, 2.75) is 32.2 Å². The number of anilines is 1. The lowest BCUT2D eigenvalue weighted by molar-refractivity contribution is 0.0526. The highest BCUT2D eigenvalue weighted by Gasteiger charge is 2.36. The van der Waals surface area contributed by atoms with Crippen LogP contribution in [0.1, 0.15) is 47.4 Å². The van der Waals surface area contributed by atoms with Gasteiger partial charge in [-0.2, -0.15) is 0 Å². The van der Waals surface area contributed by atoms with E-state index in [1.54, 1.807) is 24.3 Å². The van der Waals surface area contributed by atoms with Crippen molar-refractivity contribution in [1.29, 1.82) is 0 Å². The molecule has 0 spiro atoms. The Bertz CT molecular complexity index is 1410. The molecule has 0 amide bonds. The standard InChI is InChI=1S/C25H22Cl2N4O3S/c1-2-33-24(32)15-8-9-19-20(10-15)35-25(28-19)31-12-30(13-31)11-16-22(29-34-23(16)14-6-7-14)21-17(26)4-3-5-18(21)27/h3-5,8-10,14H,2,6-7,11-13H2,1H3. The van der Waals surface area contributed by atoms with Crippen LogP contribution in [0.2, 0.25) is 10.0 Å². The molecule has 35 heavy (non-hydrogen) atoms. The van der Waals surface area contributed by atoms with E-state index in [9.17, 15) is 4.79 Å². The zero-order chi connectivity index (χ0) is 24.1. The van der Waals surface area contributed by atoms with Gasteiger partial charge >= 0.3 is 5.97 Å². The zero-order valence-corrected chi connectivity index (χ0v) is 21.3. The minimum atomic E-state index is -0.311. The molecule has 3 heterocycles. The highest BCUT2D eigenvalue weighted by atomic mass is 35.5. The number of fused-ring (bicyclic) bond motifs is 1. The molecule has 0 bridgehead atoms. The highest BCUT2D eigenvalue weighted by molar-refractivity contribution is 7.22. The molecule has 7 nitrogen and oxygen atoms in total. The monoisotopic (exact) mass is 528 g/mol. The van der Waals surface area contributed by atoms with Crippen molar-refractivity contribution in [3.05, 3.63) is 63.3 Å². The van der Waals surface area contributed by atoms with E-state index in [0.29, 0.717) is 34.7 Å². The van der Waals surface area contributed by atoms with Gasteiger partial charge in [-0.1, -0.05) is 45.8 Å². The Kier molecular flexibility index (Phi) is 5.92. The summed E-state index contributed by atoms with van der Waals surface area (Å²) in [5, 5.41) is 6.45. The zero-order valence-electron chi connectivity index (χ0n) is 19.0. The molecule has 0 atom stereocenters. The molecule has 2 aromatic heterocycles. The molecule has 1 saturated heterocycles. The number of hydrogen-bond acceptors (Lipinski definition) is 8. The summed E-state index contributed by atoms with van der Waals surface area (Å²) in [6.07, 6.45) is 2.23. The first-order chi connectivity index (χ1) is 17.0. The molecule has 2 aromatic carbocycles. The number of ether oxygens (including phenoxy) is 1. The van der Waals surface area contributed by atoms with Crippen molar-refractivity contribution in [1.82, 2.24) is 15.0 Å². The first kappa shape index (κ1) is 22.8. The van der Waals surface area contributed by atoms with Crippen molar-refractivity contribution in [3.63, 3.8) is 0 Å². The average Bonchev–Trinajstić information content (AvgIpc) is 3.44. The Morgan fingerprint density at radius 1 is 1.20 bits per heavy atom. The van der Waals surface area contributed by atoms with Gasteiger partial charge in [0.2, 0.25) is 0 Å². The molecule has 0 unspecified atom stereocenters. The summed E-state index contributed by atoms with van der Waals surface area (Å²) in [6, 6.07) is 11.0. The number of carbonyl (C=O) groups is 1. The SMILES string of the molecule is CCOC(=O)c1ccc2nc(N3CN(Cc4c(-c5c(Cl)cccc5Cl)noc4C4CC4)C3)sc2c1. The molecule has 2 aliphatic rings. The molecule has 0 N–H and O–H groups in total. The van der Waals surface area contributed by atoms with Crippen LogP contribution in [0.3, 0.4) is 0 Å². The summed E-state index contributed by atoms with van der Waals surface area (Å²) in [4.78, 5) is 21.3. The predicted molar refractivity (Wildman–Crippen MR) is 137 cm³/mol. The summed E-state index contributed by atoms with van der Waals surface area (Å²) in [7, 11) is 0. The third kappa shape index (κ3) is 4.29. The first-order valence-electron chi connectivity index (χ1n) is 11.5. The molecule has 0 radical (unpaired) electrons. The molecule has 180 valence electrons. The van der Waals surface area contributed by atoms with Gasteiger partial charge in [-0.25, -0.2) is 9.78 Å². The summed E-state index contributed by atoms with van der Waals surface area (Å²) in [6.45, 7) is 4.31. The molecular weight excluding hydrogens is 507 g/mol. The second-order valence-corrected chi connectivity index (χ2v) is 10.6. The van der Waals surface area contributed by atoms with Gasteiger partial charge in [0.05, 0.1) is 45.8 Å². The van der Waals surface area contributed by atoms with Crippen molar-refractivity contribution in [2.24, 2.45) is 0 Å². The quantitative estimate of drug-likeness (QED) is 0.252. The Labute approximate surface area is 216 Å². The van der Waals surface area contributed by atoms with Crippen LogP contribution in [-0.4, -0.2) is 41.0 Å². The summed E-state index contributed by atoms with van der Waals surface area (Å²) in [5.74, 6) is 1.05. The molecule has 1 saturated carbocycles. The molecule has 1 aliphatic carbocycles. The molecule has 6 rings (SSSR count). The molecule has 10 heteroatoms. The molecule has 4 aromatic rings. The Morgan fingerprint density at radius 2 is 1.97 bits per heavy atom. The van der Waals surface area contributed by atoms with E-state index in [4.69, 9.17) is 37.4 Å². The number of aromatic nitrogens is 2. The summed E-state index contributed by atoms with van der Waals surface area (Å²) >= 11 is 14.6. The minimum absolute atomic E-state index is 0.311. The number of carbonyl (C=O) groups excluding carboxylic acids is 1. The van der Waals surface area contributed by atoms with Crippen LogP contribution in [0, 0.1) is 0 Å². The van der Waals surface area contributed by atoms with Crippen molar-refractivity contribution in [3.8, 4) is 11.3 Å². The number of nitrogens with zero attached hydrogens (tertiary/aromatic N) is 4. The predicted octanol–water partition coefficient (Wildman–Crippen LogP) is 6.55. The fourth-order valence-electron chi connectivity index (χ4n) is 4.34. The lowest BCUT2D eigenvalue weighted by Crippen LogP contribution is -2.54. The summed E-state index contributed by atoms with van der Waals surface area (Å²) in [5.41, 5.74) is 3.94. The normalized spacial score (nSPS) is 16.0. The van der Waals surface area contributed by atoms with Crippen LogP contribution in [0.4, 0.5) is 5.13 Å². The maximum absolute atomic E-state index is 12.1. The maximum atomic E-state index is 12.1. The van der Waals surface area contributed by atoms with Gasteiger partial charge in [0, 0.05) is 23.6 Å². The number of rotatable bonds is 7. The van der Waals surface area contributed by atoms with Crippen molar-refractivity contribution >= 4 is 55.9 Å². The van der Waals surface area contributed by atoms with E-state index in [0.717, 1.165) is 64.1 Å². The fraction of sp³-hybridized carbons (Fsp3) is 0.320. The Balaban J connectivity index is 1.20. The van der Waals surface area contributed by atoms with Crippen LogP contribution < -0.4 is 4.90 Å². The number of thiazole rings is 1. The van der Waals surface area contributed by atoms with E-state index in [1.807, 2.05) is 30.3 Å². The van der Waals surface area contributed by atoms with Crippen LogP contribution >= 0.6 is 34.5 Å². The minimum Gasteiger partial charge on any atom is -0.462 e. The van der Waals surface area contributed by atoms with Gasteiger partial charge in [-0.15, -0.1) is 0 Å². The maximum Gasteiger partial charge on any atom is 0.338 e. The van der Waals surface area contributed by atoms with E-state index >= 15 is 0 Å². The number of halogens is 2. The Hall–Kier alpha value is -2.65. The lowest BCUT2D eigenvalue weighted by Gasteiger charge is -2.42. The Morgan fingerprint density at radius 3 is 2.69 bits per heavy atom. The van der Waals surface area contributed by atoms with Crippen molar-refractivity contribution in [2.75, 3.05) is 24.8 Å². The van der Waals surface area contributed by atoms with E-state index in [-0.39, 0.29) is 5.97 Å². The van der Waals surface area contributed by atoms with Crippen LogP contribution in [-0.2, 0) is 11.3 Å². The van der Waals surface area contributed by atoms with Gasteiger partial charge in [0.15, 0.2) is 5.13 Å². The lowest BCUT2D eigenvalue weighted by atomic mass is 10.0. The van der Waals surface area contributed by atoms with Gasteiger partial charge < -0.3 is 14.2 Å². The smallest absolute Gasteiger partial charge is 0.338 e. The second-order valence-electron chi connectivity index (χ2n) is 8.80. The van der Waals surface area contributed by atoms with Crippen LogP contribution in [0.5, 0.6) is 0 Å². The van der Waals surface area contributed by atoms with Gasteiger partial charge in [-0.3, -0.25) is 4.90 Å². The van der Waals surface area contributed by atoms with Gasteiger partial charge in [0.25, 0.3) is 0 Å². The molecular formula is C25H22Cl2N4O3S. The van der Waals surface area contributed by atoms with Crippen LogP contribution in [0.25, 0.3) is 21.5 Å². The summed E-state index contributed by atoms with van der Waals surface area (Å²) < 4.78 is 11.9. The number of benzene rings is 2. The van der Waals surface area contributed by atoms with Crippen LogP contribution in [0.15, 0.2) is 40.9 Å². The van der Waals surface area contributed by atoms with Gasteiger partial charge in [-0.05, 0) is 50.1 Å². The topological polar surface area (TPSA) is 71.7 Å². The number of esters is 1. The first-order valence-corrected chi connectivity index (χ1v) is 13.1. The third-order valence-electron chi connectivity index (χ3n) is 6.25. The van der Waals surface area contributed by atoms with Crippen molar-refractivity contribution < 1.29 is 14.1 Å². The third-order valence-corrected chi connectivity index (χ3v) is 7.96. The largest absolute Gasteiger partial charge is 0.462 e. The van der Waals surface area contributed by atoms with Gasteiger partial charge in [0.1, 0.15) is 11.5 Å². The molecule has 1 aliphatic heterocycles. The number of hydrogen-bond donors (Lipinski definition) is 0. The average molecular weight is 529 g/mol. The molecule has 2 fully saturated rings. The van der Waals surface area contributed by atoms with E-state index in [2.05, 4.69) is 15.0 Å². The second kappa shape index (κ2) is 9.09. The highest BCUT2D eigenvalue weighted by Crippen LogP contribution is 2.46. The van der Waals surface area contributed by atoms with E-state index < -0.39 is 0 Å². The van der Waals surface area contributed by atoms with E-state index in [1.165, 1.54) is 0 Å².